The third kappa shape index (κ3) is 5.22. The smallest absolute Gasteiger partial charge is 0.255 e. The number of aryl methyl sites for hydroxylation is 2. The van der Waals surface area contributed by atoms with E-state index in [0.717, 1.165) is 12.8 Å². The molecule has 0 radical (unpaired) electrons. The van der Waals surface area contributed by atoms with E-state index in [1.807, 2.05) is 6.92 Å². The van der Waals surface area contributed by atoms with Crippen LogP contribution in [0.3, 0.4) is 0 Å². The van der Waals surface area contributed by atoms with Gasteiger partial charge >= 0.3 is 0 Å². The van der Waals surface area contributed by atoms with Crippen LogP contribution in [0.1, 0.15) is 60.6 Å². The highest BCUT2D eigenvalue weighted by molar-refractivity contribution is 6.09. The van der Waals surface area contributed by atoms with Gasteiger partial charge in [-0.05, 0) is 69.4 Å². The molecule has 0 aliphatic heterocycles. The van der Waals surface area contributed by atoms with Crippen molar-refractivity contribution in [1.29, 1.82) is 0 Å². The number of nitrogens with zero attached hydrogens (tertiary/aromatic N) is 2. The number of hydrogen-bond acceptors (Lipinski definition) is 6. The molecule has 202 valence electrons. The molecule has 2 amide bonds. The lowest BCUT2D eigenvalue weighted by atomic mass is 9.82. The maximum absolute atomic E-state index is 15.5. The number of fused-ring (bicyclic) bond motifs is 1. The Kier molecular flexibility index (Phi) is 7.34. The number of halogens is 1. The van der Waals surface area contributed by atoms with Crippen LogP contribution in [-0.4, -0.2) is 57.2 Å². The van der Waals surface area contributed by atoms with Crippen molar-refractivity contribution in [2.24, 2.45) is 11.8 Å². The summed E-state index contributed by atoms with van der Waals surface area (Å²) >= 11 is 0. The first kappa shape index (κ1) is 26.1. The first-order valence-electron chi connectivity index (χ1n) is 13.2. The van der Waals surface area contributed by atoms with Gasteiger partial charge in [-0.25, -0.2) is 14.4 Å². The molecule has 9 nitrogen and oxygen atoms in total. The van der Waals surface area contributed by atoms with E-state index in [4.69, 9.17) is 9.84 Å². The Hall–Kier alpha value is -3.53. The molecule has 5 rings (SSSR count). The van der Waals surface area contributed by atoms with Gasteiger partial charge in [0.05, 0.1) is 23.3 Å². The second kappa shape index (κ2) is 10.7. The summed E-state index contributed by atoms with van der Waals surface area (Å²) < 4.78 is 21.5. The van der Waals surface area contributed by atoms with Crippen molar-refractivity contribution in [3.8, 4) is 17.0 Å². The second-order valence-corrected chi connectivity index (χ2v) is 10.7. The van der Waals surface area contributed by atoms with Gasteiger partial charge in [-0.1, -0.05) is 13.0 Å². The summed E-state index contributed by atoms with van der Waals surface area (Å²) in [7, 11) is 0. The standard InChI is InChI=1S/C28H34FN5O4/c1-14-4-9-20(38-12-17-5-6-17)23(24(14)29)26-27-25(30-13-31-26)22(16(3)32-27)28(37)34-19-8-7-18(10-15(19)2)33-21(36)11-35/h4,9,13,15,17-19,32,35H,5-8,10-12H2,1-3H3,(H,33,36)(H,34,37)/t15-,18+,19-/m1/s1. The normalized spacial score (nSPS) is 21.3. The lowest BCUT2D eigenvalue weighted by Crippen LogP contribution is -2.48. The zero-order valence-corrected chi connectivity index (χ0v) is 21.9. The lowest BCUT2D eigenvalue weighted by molar-refractivity contribution is -0.124. The molecule has 4 N–H and O–H groups in total. The van der Waals surface area contributed by atoms with Crippen molar-refractivity contribution in [2.75, 3.05) is 13.2 Å². The van der Waals surface area contributed by atoms with E-state index in [-0.39, 0.29) is 35.4 Å². The highest BCUT2D eigenvalue weighted by atomic mass is 19.1. The third-order valence-electron chi connectivity index (χ3n) is 7.70. The first-order chi connectivity index (χ1) is 18.3. The summed E-state index contributed by atoms with van der Waals surface area (Å²) in [6, 6.07) is 3.37. The van der Waals surface area contributed by atoms with Gasteiger partial charge < -0.3 is 25.5 Å². The van der Waals surface area contributed by atoms with E-state index >= 15 is 4.39 Å². The van der Waals surface area contributed by atoms with Crippen molar-refractivity contribution in [1.82, 2.24) is 25.6 Å². The average molecular weight is 524 g/mol. The van der Waals surface area contributed by atoms with Gasteiger partial charge in [-0.3, -0.25) is 9.59 Å². The van der Waals surface area contributed by atoms with Crippen molar-refractivity contribution in [3.63, 3.8) is 0 Å². The van der Waals surface area contributed by atoms with Crippen molar-refractivity contribution in [2.45, 2.75) is 65.0 Å². The number of amides is 2. The molecule has 2 fully saturated rings. The maximum atomic E-state index is 15.5. The molecule has 0 bridgehead atoms. The number of carbonyl (C=O) groups excluding carboxylic acids is 2. The van der Waals surface area contributed by atoms with Crippen LogP contribution in [0.5, 0.6) is 5.75 Å². The number of hydrogen-bond donors (Lipinski definition) is 4. The van der Waals surface area contributed by atoms with Gasteiger partial charge in [-0.2, -0.15) is 0 Å². The summed E-state index contributed by atoms with van der Waals surface area (Å²) in [4.78, 5) is 37.1. The summed E-state index contributed by atoms with van der Waals surface area (Å²) in [6.45, 7) is 5.53. The minimum Gasteiger partial charge on any atom is -0.492 e. The molecule has 2 aliphatic rings. The Morgan fingerprint density at radius 1 is 1.16 bits per heavy atom. The highest BCUT2D eigenvalue weighted by Gasteiger charge is 2.31. The van der Waals surface area contributed by atoms with Crippen molar-refractivity contribution in [3.05, 3.63) is 41.1 Å². The number of aliphatic hydroxyl groups is 1. The molecule has 2 aliphatic carbocycles. The molecule has 0 unspecified atom stereocenters. The molecular weight excluding hydrogens is 489 g/mol. The van der Waals surface area contributed by atoms with Crippen LogP contribution in [0, 0.1) is 31.5 Å². The topological polar surface area (TPSA) is 129 Å². The molecule has 2 aromatic heterocycles. The number of rotatable bonds is 8. The van der Waals surface area contributed by atoms with E-state index in [0.29, 0.717) is 71.1 Å². The van der Waals surface area contributed by atoms with Crippen molar-refractivity contribution < 1.29 is 23.8 Å². The van der Waals surface area contributed by atoms with Crippen LogP contribution in [-0.2, 0) is 4.79 Å². The first-order valence-corrected chi connectivity index (χ1v) is 13.2. The van der Waals surface area contributed by atoms with Crippen LogP contribution in [0.15, 0.2) is 18.5 Å². The Balaban J connectivity index is 1.42. The molecule has 3 atom stereocenters. The molecule has 38 heavy (non-hydrogen) atoms. The van der Waals surface area contributed by atoms with E-state index in [1.165, 1.54) is 6.33 Å². The van der Waals surface area contributed by atoms with Gasteiger partial charge in [0.25, 0.3) is 5.91 Å². The third-order valence-corrected chi connectivity index (χ3v) is 7.70. The number of ether oxygens (including phenoxy) is 1. The van der Waals surface area contributed by atoms with Gasteiger partial charge in [0, 0.05) is 17.8 Å². The molecule has 0 saturated heterocycles. The highest BCUT2D eigenvalue weighted by Crippen LogP contribution is 2.39. The van der Waals surface area contributed by atoms with Crippen LogP contribution in [0.25, 0.3) is 22.3 Å². The number of nitrogens with one attached hydrogen (secondary N) is 3. The molecule has 0 spiro atoms. The Bertz CT molecular complexity index is 1370. The summed E-state index contributed by atoms with van der Waals surface area (Å²) in [5.41, 5.74) is 3.03. The predicted molar refractivity (Wildman–Crippen MR) is 140 cm³/mol. The van der Waals surface area contributed by atoms with Crippen LogP contribution < -0.4 is 15.4 Å². The number of H-pyrrole nitrogens is 1. The van der Waals surface area contributed by atoms with E-state index in [2.05, 4.69) is 25.6 Å². The van der Waals surface area contributed by atoms with Gasteiger partial charge in [0.1, 0.15) is 35.7 Å². The van der Waals surface area contributed by atoms with E-state index < -0.39 is 12.4 Å². The summed E-state index contributed by atoms with van der Waals surface area (Å²) in [5, 5.41) is 15.0. The van der Waals surface area contributed by atoms with Crippen LogP contribution >= 0.6 is 0 Å². The van der Waals surface area contributed by atoms with E-state index in [1.54, 1.807) is 26.0 Å². The second-order valence-electron chi connectivity index (χ2n) is 10.7. The summed E-state index contributed by atoms with van der Waals surface area (Å²) in [6.07, 6.45) is 5.69. The SMILES string of the molecule is Cc1ccc(OCC2CC2)c(-c2ncnc3c(C(=O)N[C@@H]4CC[C@H](NC(=O)CO)C[C@H]4C)c(C)[nH]c23)c1F. The number of carbonyl (C=O) groups is 2. The fourth-order valence-corrected chi connectivity index (χ4v) is 5.34. The molecule has 10 heteroatoms. The van der Waals surface area contributed by atoms with Gasteiger partial charge in [-0.15, -0.1) is 0 Å². The monoisotopic (exact) mass is 523 g/mol. The van der Waals surface area contributed by atoms with E-state index in [9.17, 15) is 9.59 Å². The Morgan fingerprint density at radius 2 is 1.95 bits per heavy atom. The van der Waals surface area contributed by atoms with Crippen LogP contribution in [0.2, 0.25) is 0 Å². The summed E-state index contributed by atoms with van der Waals surface area (Å²) in [5.74, 6) is 0.000303. The molecule has 2 heterocycles. The molecule has 3 aromatic rings. The number of benzene rings is 1. The average Bonchev–Trinajstić information content (AvgIpc) is 3.66. The quantitative estimate of drug-likeness (QED) is 0.357. The predicted octanol–water partition coefficient (Wildman–Crippen LogP) is 3.57. The minimum atomic E-state index is -0.532. The number of aliphatic hydroxyl groups excluding tert-OH is 1. The molecule has 2 saturated carbocycles. The maximum Gasteiger partial charge on any atom is 0.255 e. The zero-order chi connectivity index (χ0) is 27.0. The Morgan fingerprint density at radius 3 is 2.66 bits per heavy atom. The number of aromatic amines is 1. The van der Waals surface area contributed by atoms with Gasteiger partial charge in [0.15, 0.2) is 0 Å². The Labute approximate surface area is 220 Å². The fourth-order valence-electron chi connectivity index (χ4n) is 5.34. The molecular formula is C28H34FN5O4. The lowest BCUT2D eigenvalue weighted by Gasteiger charge is -2.35. The fraction of sp³-hybridized carbons (Fsp3) is 0.500. The van der Waals surface area contributed by atoms with Crippen LogP contribution in [0.4, 0.5) is 4.39 Å². The van der Waals surface area contributed by atoms with Crippen molar-refractivity contribution >= 4 is 22.8 Å². The molecule has 1 aromatic carbocycles. The number of aromatic nitrogens is 3. The largest absolute Gasteiger partial charge is 0.492 e. The zero-order valence-electron chi connectivity index (χ0n) is 21.9. The minimum absolute atomic E-state index is 0.0246. The van der Waals surface area contributed by atoms with Gasteiger partial charge in [0.2, 0.25) is 5.91 Å².